The van der Waals surface area contributed by atoms with Crippen LogP contribution >= 0.6 is 0 Å². The Morgan fingerprint density at radius 1 is 1.12 bits per heavy atom. The minimum atomic E-state index is 0.780. The van der Waals surface area contributed by atoms with Crippen LogP contribution in [0.5, 0.6) is 5.75 Å². The molecule has 2 aromatic rings. The number of hydrazone groups is 1. The van der Waals surface area contributed by atoms with E-state index in [0.717, 1.165) is 22.1 Å². The van der Waals surface area contributed by atoms with Gasteiger partial charge in [0.25, 0.3) is 0 Å². The zero-order valence-electron chi connectivity index (χ0n) is 10.5. The van der Waals surface area contributed by atoms with E-state index in [1.54, 1.807) is 13.3 Å². The van der Waals surface area contributed by atoms with E-state index in [1.165, 1.54) is 0 Å². The van der Waals surface area contributed by atoms with E-state index in [4.69, 9.17) is 10.6 Å². The maximum Gasteiger partial charge on any atom is 0.128 e. The van der Waals surface area contributed by atoms with Crippen LogP contribution in [-0.2, 0) is 0 Å². The molecule has 90 valence electrons. The summed E-state index contributed by atoms with van der Waals surface area (Å²) in [5, 5.41) is 5.80. The maximum atomic E-state index is 5.26. The van der Waals surface area contributed by atoms with Crippen molar-refractivity contribution in [3.05, 3.63) is 42.0 Å². The summed E-state index contributed by atoms with van der Waals surface area (Å²) in [5.74, 6) is 5.97. The van der Waals surface area contributed by atoms with Gasteiger partial charge in [0.2, 0.25) is 0 Å². The Bertz CT molecular complexity index is 507. The summed E-state index contributed by atoms with van der Waals surface area (Å²) >= 11 is 0. The molecule has 0 saturated heterocycles. The zero-order chi connectivity index (χ0) is 12.7. The van der Waals surface area contributed by atoms with Crippen LogP contribution in [0.1, 0.15) is 19.4 Å². The van der Waals surface area contributed by atoms with E-state index in [2.05, 4.69) is 5.10 Å². The van der Waals surface area contributed by atoms with Crippen molar-refractivity contribution in [1.29, 1.82) is 0 Å². The maximum absolute atomic E-state index is 5.26. The molecule has 0 amide bonds. The van der Waals surface area contributed by atoms with E-state index in [0.29, 0.717) is 0 Å². The normalized spacial score (nSPS) is 10.1. The predicted octanol–water partition coefficient (Wildman–Crippen LogP) is 3.17. The highest BCUT2D eigenvalue weighted by atomic mass is 16.5. The Morgan fingerprint density at radius 2 is 1.82 bits per heavy atom. The third-order valence-electron chi connectivity index (χ3n) is 2.35. The van der Waals surface area contributed by atoms with Gasteiger partial charge in [0.15, 0.2) is 0 Å². The van der Waals surface area contributed by atoms with Gasteiger partial charge in [-0.2, -0.15) is 5.10 Å². The first-order chi connectivity index (χ1) is 8.36. The molecule has 0 aliphatic carbocycles. The SMILES string of the molecule is CC.COc1ccc2ccccc2c1/C=N/N. The van der Waals surface area contributed by atoms with Gasteiger partial charge in [-0.15, -0.1) is 0 Å². The van der Waals surface area contributed by atoms with Gasteiger partial charge in [0, 0.05) is 5.56 Å². The number of nitrogens with zero attached hydrogens (tertiary/aromatic N) is 1. The topological polar surface area (TPSA) is 47.6 Å². The lowest BCUT2D eigenvalue weighted by atomic mass is 10.0. The summed E-state index contributed by atoms with van der Waals surface area (Å²) in [6.45, 7) is 4.00. The molecule has 0 heterocycles. The van der Waals surface area contributed by atoms with Crippen molar-refractivity contribution in [3.63, 3.8) is 0 Å². The minimum Gasteiger partial charge on any atom is -0.496 e. The molecule has 3 nitrogen and oxygen atoms in total. The van der Waals surface area contributed by atoms with Gasteiger partial charge in [0.05, 0.1) is 13.3 Å². The van der Waals surface area contributed by atoms with Gasteiger partial charge in [-0.3, -0.25) is 0 Å². The van der Waals surface area contributed by atoms with E-state index in [1.807, 2.05) is 50.2 Å². The molecule has 0 aliphatic rings. The highest BCUT2D eigenvalue weighted by Gasteiger charge is 2.04. The molecule has 2 N–H and O–H groups in total. The molecule has 3 heteroatoms. The fourth-order valence-electron chi connectivity index (χ4n) is 1.66. The largest absolute Gasteiger partial charge is 0.496 e. The van der Waals surface area contributed by atoms with Crippen molar-refractivity contribution in [2.75, 3.05) is 7.11 Å². The van der Waals surface area contributed by atoms with Gasteiger partial charge in [-0.05, 0) is 16.8 Å². The van der Waals surface area contributed by atoms with Gasteiger partial charge >= 0.3 is 0 Å². The number of rotatable bonds is 2. The molecule has 2 rings (SSSR count). The lowest BCUT2D eigenvalue weighted by Gasteiger charge is -2.07. The first kappa shape index (κ1) is 13.0. The molecule has 0 unspecified atom stereocenters. The van der Waals surface area contributed by atoms with E-state index in [-0.39, 0.29) is 0 Å². The molecule has 0 spiro atoms. The van der Waals surface area contributed by atoms with Crippen LogP contribution in [0.2, 0.25) is 0 Å². The molecule has 2 aromatic carbocycles. The van der Waals surface area contributed by atoms with Gasteiger partial charge in [0.1, 0.15) is 5.75 Å². The van der Waals surface area contributed by atoms with Crippen LogP contribution in [0.4, 0.5) is 0 Å². The summed E-state index contributed by atoms with van der Waals surface area (Å²) in [5.41, 5.74) is 0.915. The standard InChI is InChI=1S/C12H12N2O.C2H6/c1-15-12-7-6-9-4-2-3-5-10(9)11(12)8-14-13;1-2/h2-8H,13H2,1H3;1-2H3/b14-8+;. The lowest BCUT2D eigenvalue weighted by Crippen LogP contribution is -1.94. The second-order valence-electron chi connectivity index (χ2n) is 3.18. The fraction of sp³-hybridized carbons (Fsp3) is 0.214. The van der Waals surface area contributed by atoms with Gasteiger partial charge < -0.3 is 10.6 Å². The molecule has 17 heavy (non-hydrogen) atoms. The van der Waals surface area contributed by atoms with E-state index in [9.17, 15) is 0 Å². The molecule has 0 bridgehead atoms. The van der Waals surface area contributed by atoms with E-state index < -0.39 is 0 Å². The van der Waals surface area contributed by atoms with Gasteiger partial charge in [-0.25, -0.2) is 0 Å². The summed E-state index contributed by atoms with van der Waals surface area (Å²) in [6, 6.07) is 12.0. The van der Waals surface area contributed by atoms with Crippen LogP contribution in [0, 0.1) is 0 Å². The highest BCUT2D eigenvalue weighted by Crippen LogP contribution is 2.26. The van der Waals surface area contributed by atoms with Crippen molar-refractivity contribution in [2.45, 2.75) is 13.8 Å². The average Bonchev–Trinajstić information content (AvgIpc) is 2.42. The second-order valence-corrected chi connectivity index (χ2v) is 3.18. The summed E-state index contributed by atoms with van der Waals surface area (Å²) < 4.78 is 5.26. The zero-order valence-corrected chi connectivity index (χ0v) is 10.5. The minimum absolute atomic E-state index is 0.780. The van der Waals surface area contributed by atoms with Crippen molar-refractivity contribution >= 4 is 17.0 Å². The monoisotopic (exact) mass is 230 g/mol. The molecule has 0 aliphatic heterocycles. The summed E-state index contributed by atoms with van der Waals surface area (Å²) in [6.07, 6.45) is 1.61. The molecule has 0 fully saturated rings. The smallest absolute Gasteiger partial charge is 0.128 e. The highest BCUT2D eigenvalue weighted by molar-refractivity contribution is 6.02. The first-order valence-corrected chi connectivity index (χ1v) is 5.66. The number of benzene rings is 2. The average molecular weight is 230 g/mol. The number of nitrogens with two attached hydrogens (primary N) is 1. The quantitative estimate of drug-likeness (QED) is 0.489. The molecule has 0 atom stereocenters. The first-order valence-electron chi connectivity index (χ1n) is 5.66. The number of hydrogen-bond acceptors (Lipinski definition) is 3. The van der Waals surface area contributed by atoms with Crippen LogP contribution in [0.3, 0.4) is 0 Å². The number of fused-ring (bicyclic) bond motifs is 1. The molecule has 0 aromatic heterocycles. The third kappa shape index (κ3) is 2.75. The Labute approximate surface area is 102 Å². The Balaban J connectivity index is 0.000000686. The molecular weight excluding hydrogens is 212 g/mol. The van der Waals surface area contributed by atoms with E-state index >= 15 is 0 Å². The van der Waals surface area contributed by atoms with Crippen molar-refractivity contribution in [2.24, 2.45) is 10.9 Å². The van der Waals surface area contributed by atoms with Crippen LogP contribution in [0.25, 0.3) is 10.8 Å². The Hall–Kier alpha value is -2.03. The Kier molecular flexibility index (Phi) is 5.01. The van der Waals surface area contributed by atoms with Crippen molar-refractivity contribution < 1.29 is 4.74 Å². The van der Waals surface area contributed by atoms with Crippen LogP contribution < -0.4 is 10.6 Å². The molecule has 0 radical (unpaired) electrons. The summed E-state index contributed by atoms with van der Waals surface area (Å²) in [7, 11) is 1.64. The number of methoxy groups -OCH3 is 1. The number of ether oxygens (including phenoxy) is 1. The second kappa shape index (κ2) is 6.53. The molecule has 0 saturated carbocycles. The van der Waals surface area contributed by atoms with Crippen LogP contribution in [0.15, 0.2) is 41.5 Å². The van der Waals surface area contributed by atoms with Gasteiger partial charge in [-0.1, -0.05) is 44.2 Å². The van der Waals surface area contributed by atoms with Crippen LogP contribution in [-0.4, -0.2) is 13.3 Å². The van der Waals surface area contributed by atoms with Crippen molar-refractivity contribution in [1.82, 2.24) is 0 Å². The predicted molar refractivity (Wildman–Crippen MR) is 73.6 cm³/mol. The lowest BCUT2D eigenvalue weighted by molar-refractivity contribution is 0.415. The third-order valence-corrected chi connectivity index (χ3v) is 2.35. The molecular formula is C14H18N2O. The number of hydrogen-bond donors (Lipinski definition) is 1. The summed E-state index contributed by atoms with van der Waals surface area (Å²) in [4.78, 5) is 0. The Morgan fingerprint density at radius 3 is 2.47 bits per heavy atom. The van der Waals surface area contributed by atoms with Crippen molar-refractivity contribution in [3.8, 4) is 5.75 Å². The fourth-order valence-corrected chi connectivity index (χ4v) is 1.66.